The molecule has 1 aliphatic rings. The van der Waals surface area contributed by atoms with E-state index in [0.717, 1.165) is 0 Å². The Morgan fingerprint density at radius 2 is 1.85 bits per heavy atom. The van der Waals surface area contributed by atoms with Gasteiger partial charge >= 0.3 is 0 Å². The largest absolute Gasteiger partial charge is 0.507 e. The van der Waals surface area contributed by atoms with Gasteiger partial charge in [0.2, 0.25) is 0 Å². The van der Waals surface area contributed by atoms with E-state index in [1.165, 1.54) is 4.90 Å². The molecule has 136 valence electrons. The molecule has 1 fully saturated rings. The Hall–Kier alpha value is -2.86. The number of aliphatic hydroxyl groups is 1. The van der Waals surface area contributed by atoms with Crippen LogP contribution in [0.4, 0.5) is 0 Å². The second-order valence-electron chi connectivity index (χ2n) is 6.61. The molecule has 1 N–H and O–H groups in total. The highest BCUT2D eigenvalue weighted by atomic mass is 16.3. The third-order valence-corrected chi connectivity index (χ3v) is 4.41. The average molecular weight is 354 g/mol. The summed E-state index contributed by atoms with van der Waals surface area (Å²) in [6, 6.07) is 11.5. The first kappa shape index (κ1) is 17.9. The maximum absolute atomic E-state index is 12.7. The van der Waals surface area contributed by atoms with Gasteiger partial charge in [-0.25, -0.2) is 0 Å². The van der Waals surface area contributed by atoms with Crippen LogP contribution in [0.1, 0.15) is 23.1 Å². The van der Waals surface area contributed by atoms with Crippen molar-refractivity contribution in [1.29, 1.82) is 0 Å². The number of aryl methyl sites for hydroxylation is 1. The van der Waals surface area contributed by atoms with Crippen LogP contribution in [0, 0.1) is 6.92 Å². The van der Waals surface area contributed by atoms with Crippen LogP contribution in [-0.4, -0.2) is 53.8 Å². The fourth-order valence-electron chi connectivity index (χ4n) is 3.07. The highest BCUT2D eigenvalue weighted by molar-refractivity contribution is 6.46. The predicted octanol–water partition coefficient (Wildman–Crippen LogP) is 2.57. The maximum atomic E-state index is 12.7. The summed E-state index contributed by atoms with van der Waals surface area (Å²) < 4.78 is 5.71. The monoisotopic (exact) mass is 354 g/mol. The van der Waals surface area contributed by atoms with Gasteiger partial charge in [0.25, 0.3) is 11.7 Å². The van der Waals surface area contributed by atoms with Crippen molar-refractivity contribution >= 4 is 17.4 Å². The van der Waals surface area contributed by atoms with E-state index in [2.05, 4.69) is 0 Å². The molecule has 0 bridgehead atoms. The van der Waals surface area contributed by atoms with Gasteiger partial charge in [-0.05, 0) is 33.2 Å². The summed E-state index contributed by atoms with van der Waals surface area (Å²) in [5.41, 5.74) is 0.556. The van der Waals surface area contributed by atoms with Crippen LogP contribution in [0.5, 0.6) is 0 Å². The van der Waals surface area contributed by atoms with Crippen LogP contribution >= 0.6 is 0 Å². The quantitative estimate of drug-likeness (QED) is 0.507. The van der Waals surface area contributed by atoms with E-state index in [1.54, 1.807) is 43.3 Å². The second-order valence-corrected chi connectivity index (χ2v) is 6.61. The van der Waals surface area contributed by atoms with Crippen molar-refractivity contribution in [3.05, 3.63) is 65.1 Å². The number of likely N-dealkylation sites (tertiary alicyclic amines) is 1. The molecule has 1 atom stereocenters. The number of Topliss-reactive ketones (excluding diaryl/α,β-unsaturated/α-hetero) is 1. The minimum absolute atomic E-state index is 0.0642. The molecule has 1 aromatic carbocycles. The molecule has 0 spiro atoms. The number of rotatable bonds is 5. The topological polar surface area (TPSA) is 74.0 Å². The molecule has 3 rings (SSSR count). The number of carbonyl (C=O) groups is 2. The van der Waals surface area contributed by atoms with Crippen molar-refractivity contribution in [2.24, 2.45) is 0 Å². The van der Waals surface area contributed by atoms with E-state index >= 15 is 0 Å². The zero-order valence-electron chi connectivity index (χ0n) is 15.1. The molecule has 1 amide bonds. The van der Waals surface area contributed by atoms with Gasteiger partial charge in [0.15, 0.2) is 0 Å². The molecule has 26 heavy (non-hydrogen) atoms. The third-order valence-electron chi connectivity index (χ3n) is 4.41. The lowest BCUT2D eigenvalue weighted by molar-refractivity contribution is -0.140. The van der Waals surface area contributed by atoms with Gasteiger partial charge in [-0.2, -0.15) is 0 Å². The van der Waals surface area contributed by atoms with Crippen LogP contribution < -0.4 is 0 Å². The Labute approximate surface area is 152 Å². The Balaban J connectivity index is 2.11. The number of furan rings is 1. The normalized spacial score (nSPS) is 19.5. The van der Waals surface area contributed by atoms with Crippen molar-refractivity contribution in [2.45, 2.75) is 13.0 Å². The van der Waals surface area contributed by atoms with Crippen molar-refractivity contribution in [1.82, 2.24) is 9.80 Å². The van der Waals surface area contributed by atoms with Crippen molar-refractivity contribution in [3.8, 4) is 0 Å². The summed E-state index contributed by atoms with van der Waals surface area (Å²) in [6.45, 7) is 2.74. The van der Waals surface area contributed by atoms with Crippen LogP contribution in [0.3, 0.4) is 0 Å². The Bertz CT molecular complexity index is 852. The summed E-state index contributed by atoms with van der Waals surface area (Å²) in [4.78, 5) is 28.7. The summed E-state index contributed by atoms with van der Waals surface area (Å²) in [5.74, 6) is -0.348. The molecule has 0 saturated carbocycles. The Morgan fingerprint density at radius 3 is 2.42 bits per heavy atom. The number of carbonyl (C=O) groups excluding carboxylic acids is 2. The van der Waals surface area contributed by atoms with Gasteiger partial charge in [-0.3, -0.25) is 9.59 Å². The Morgan fingerprint density at radius 1 is 1.15 bits per heavy atom. The number of aliphatic hydroxyl groups excluding tert-OH is 1. The molecule has 0 radical (unpaired) electrons. The van der Waals surface area contributed by atoms with E-state index in [9.17, 15) is 14.7 Å². The fraction of sp³-hybridized carbons (Fsp3) is 0.300. The molecule has 1 aliphatic heterocycles. The first-order valence-electron chi connectivity index (χ1n) is 8.45. The van der Waals surface area contributed by atoms with Crippen LogP contribution in [0.25, 0.3) is 5.76 Å². The molecule has 6 heteroatoms. The van der Waals surface area contributed by atoms with Gasteiger partial charge in [0.05, 0.1) is 5.57 Å². The number of hydrogen-bond acceptors (Lipinski definition) is 5. The summed E-state index contributed by atoms with van der Waals surface area (Å²) in [6.07, 6.45) is 0. The lowest BCUT2D eigenvalue weighted by Gasteiger charge is -2.24. The summed E-state index contributed by atoms with van der Waals surface area (Å²) in [5, 5.41) is 10.8. The number of nitrogens with zero attached hydrogens (tertiary/aromatic N) is 2. The average Bonchev–Trinajstić information content (AvgIpc) is 3.15. The molecule has 0 aliphatic carbocycles. The van der Waals surface area contributed by atoms with E-state index in [0.29, 0.717) is 30.2 Å². The number of benzene rings is 1. The number of hydrogen-bond donors (Lipinski definition) is 1. The van der Waals surface area contributed by atoms with E-state index in [-0.39, 0.29) is 11.3 Å². The summed E-state index contributed by atoms with van der Waals surface area (Å²) >= 11 is 0. The molecule has 6 nitrogen and oxygen atoms in total. The molecule has 1 saturated heterocycles. The van der Waals surface area contributed by atoms with Gasteiger partial charge in [0, 0.05) is 18.7 Å². The Kier molecular flexibility index (Phi) is 4.95. The van der Waals surface area contributed by atoms with Crippen LogP contribution in [-0.2, 0) is 9.59 Å². The molecular weight excluding hydrogens is 332 g/mol. The number of amides is 1. The fourth-order valence-corrected chi connectivity index (χ4v) is 3.07. The minimum atomic E-state index is -0.733. The van der Waals surface area contributed by atoms with Gasteiger partial charge < -0.3 is 19.3 Å². The number of ketones is 1. The summed E-state index contributed by atoms with van der Waals surface area (Å²) in [7, 11) is 3.79. The maximum Gasteiger partial charge on any atom is 0.295 e. The third kappa shape index (κ3) is 3.28. The number of likely N-dealkylation sites (N-methyl/N-ethyl adjacent to an activating group) is 1. The van der Waals surface area contributed by atoms with Crippen LogP contribution in [0.15, 0.2) is 52.5 Å². The van der Waals surface area contributed by atoms with Crippen LogP contribution in [0.2, 0.25) is 0 Å². The lowest BCUT2D eigenvalue weighted by Crippen LogP contribution is -2.35. The lowest BCUT2D eigenvalue weighted by atomic mass is 9.99. The standard InChI is InChI=1S/C20H22N2O4/c1-13-9-10-15(26-13)17-16(18(23)14-7-5-4-6-8-14)19(24)20(25)22(17)12-11-21(2)3/h4-10,17,23H,11-12H2,1-3H3/b18-16-. The van der Waals surface area contributed by atoms with E-state index < -0.39 is 17.7 Å². The highest BCUT2D eigenvalue weighted by Crippen LogP contribution is 2.39. The molecular formula is C20H22N2O4. The van der Waals surface area contributed by atoms with E-state index in [1.807, 2.05) is 25.1 Å². The first-order chi connectivity index (χ1) is 12.4. The highest BCUT2D eigenvalue weighted by Gasteiger charge is 2.47. The predicted molar refractivity (Wildman–Crippen MR) is 97.5 cm³/mol. The smallest absolute Gasteiger partial charge is 0.295 e. The molecule has 2 heterocycles. The van der Waals surface area contributed by atoms with Gasteiger partial charge in [0.1, 0.15) is 23.3 Å². The molecule has 1 unspecified atom stereocenters. The molecule has 1 aromatic heterocycles. The van der Waals surface area contributed by atoms with Gasteiger partial charge in [-0.15, -0.1) is 0 Å². The molecule has 2 aromatic rings. The zero-order chi connectivity index (χ0) is 18.8. The SMILES string of the molecule is Cc1ccc(C2/C(=C(/O)c3ccccc3)C(=O)C(=O)N2CCN(C)C)o1. The second kappa shape index (κ2) is 7.17. The van der Waals surface area contributed by atoms with Crippen molar-refractivity contribution in [3.63, 3.8) is 0 Å². The van der Waals surface area contributed by atoms with Crippen molar-refractivity contribution in [2.75, 3.05) is 27.2 Å². The minimum Gasteiger partial charge on any atom is -0.507 e. The van der Waals surface area contributed by atoms with Gasteiger partial charge in [-0.1, -0.05) is 30.3 Å². The zero-order valence-corrected chi connectivity index (χ0v) is 15.1. The van der Waals surface area contributed by atoms with E-state index in [4.69, 9.17) is 4.42 Å². The van der Waals surface area contributed by atoms with Crippen molar-refractivity contribution < 1.29 is 19.1 Å². The first-order valence-corrected chi connectivity index (χ1v) is 8.45.